The van der Waals surface area contributed by atoms with Gasteiger partial charge in [-0.05, 0) is 47.2 Å². The van der Waals surface area contributed by atoms with Gasteiger partial charge < -0.3 is 9.47 Å². The number of rotatable bonds is 7. The molecule has 0 saturated heterocycles. The molecular formula is C21H26FNO3. The third-order valence-corrected chi connectivity index (χ3v) is 3.97. The van der Waals surface area contributed by atoms with E-state index in [1.54, 1.807) is 0 Å². The number of anilines is 1. The van der Waals surface area contributed by atoms with Crippen LogP contribution < -0.4 is 10.1 Å². The van der Waals surface area contributed by atoms with E-state index in [-0.39, 0.29) is 19.0 Å². The molecule has 0 radical (unpaired) electrons. The van der Waals surface area contributed by atoms with E-state index >= 15 is 0 Å². The first-order chi connectivity index (χ1) is 12.4. The molecule has 1 N–H and O–H groups in total. The molecule has 140 valence electrons. The Balaban J connectivity index is 1.89. The van der Waals surface area contributed by atoms with Gasteiger partial charge in [0.15, 0.2) is 0 Å². The number of benzene rings is 2. The largest absolute Gasteiger partial charge is 0.489 e. The van der Waals surface area contributed by atoms with Gasteiger partial charge >= 0.3 is 6.09 Å². The van der Waals surface area contributed by atoms with E-state index in [2.05, 4.69) is 45.1 Å². The summed E-state index contributed by atoms with van der Waals surface area (Å²) in [5.74, 6) is 1.19. The first kappa shape index (κ1) is 19.8. The van der Waals surface area contributed by atoms with Crippen molar-refractivity contribution in [3.8, 4) is 5.75 Å². The van der Waals surface area contributed by atoms with E-state index in [0.717, 1.165) is 16.9 Å². The summed E-state index contributed by atoms with van der Waals surface area (Å²) >= 11 is 0. The van der Waals surface area contributed by atoms with Gasteiger partial charge in [0, 0.05) is 5.69 Å². The van der Waals surface area contributed by atoms with Crippen LogP contribution in [0.3, 0.4) is 0 Å². The number of amides is 1. The first-order valence-corrected chi connectivity index (χ1v) is 8.83. The number of carbonyl (C=O) groups excluding carboxylic acids is 1. The zero-order valence-corrected chi connectivity index (χ0v) is 15.7. The average Bonchev–Trinajstić information content (AvgIpc) is 2.60. The Labute approximate surface area is 154 Å². The quantitative estimate of drug-likeness (QED) is 0.645. The van der Waals surface area contributed by atoms with Crippen LogP contribution in [0.5, 0.6) is 5.75 Å². The summed E-state index contributed by atoms with van der Waals surface area (Å²) in [7, 11) is 0. The van der Waals surface area contributed by atoms with Gasteiger partial charge in [-0.15, -0.1) is 0 Å². The van der Waals surface area contributed by atoms with Gasteiger partial charge in [0.05, 0.1) is 0 Å². The molecule has 0 heterocycles. The monoisotopic (exact) mass is 359 g/mol. The number of hydrogen-bond donors (Lipinski definition) is 1. The molecule has 0 fully saturated rings. The fourth-order valence-corrected chi connectivity index (χ4v) is 2.61. The molecule has 0 aromatic heterocycles. The maximum absolute atomic E-state index is 12.9. The Morgan fingerprint density at radius 1 is 0.962 bits per heavy atom. The molecule has 0 aliphatic heterocycles. The van der Waals surface area contributed by atoms with Gasteiger partial charge in [-0.25, -0.2) is 9.18 Å². The Bertz CT molecular complexity index is 700. The molecule has 2 rings (SSSR count). The molecule has 0 bridgehead atoms. The lowest BCUT2D eigenvalue weighted by Crippen LogP contribution is -2.18. The molecule has 26 heavy (non-hydrogen) atoms. The number of nitrogens with one attached hydrogen (secondary N) is 1. The highest BCUT2D eigenvalue weighted by Crippen LogP contribution is 2.34. The van der Waals surface area contributed by atoms with Gasteiger partial charge in [-0.2, -0.15) is 0 Å². The van der Waals surface area contributed by atoms with Crippen molar-refractivity contribution in [2.45, 2.75) is 39.5 Å². The summed E-state index contributed by atoms with van der Waals surface area (Å²) in [6, 6.07) is 11.7. The maximum atomic E-state index is 12.9. The Morgan fingerprint density at radius 3 is 2.08 bits per heavy atom. The second kappa shape index (κ2) is 9.22. The minimum atomic E-state index is -0.596. The van der Waals surface area contributed by atoms with E-state index in [9.17, 15) is 9.18 Å². The Morgan fingerprint density at radius 2 is 1.54 bits per heavy atom. The number of para-hydroxylation sites is 1. The second-order valence-electron chi connectivity index (χ2n) is 6.69. The van der Waals surface area contributed by atoms with E-state index in [0.29, 0.717) is 17.5 Å². The van der Waals surface area contributed by atoms with Gasteiger partial charge in [-0.1, -0.05) is 45.9 Å². The Hall–Kier alpha value is -2.56. The van der Waals surface area contributed by atoms with Crippen molar-refractivity contribution in [2.24, 2.45) is 0 Å². The highest BCUT2D eigenvalue weighted by molar-refractivity contribution is 5.84. The summed E-state index contributed by atoms with van der Waals surface area (Å²) in [4.78, 5) is 11.8. The summed E-state index contributed by atoms with van der Waals surface area (Å²) in [6.07, 6.45) is -0.596. The highest BCUT2D eigenvalue weighted by Gasteiger charge is 2.15. The highest BCUT2D eigenvalue weighted by atomic mass is 19.1. The van der Waals surface area contributed by atoms with Gasteiger partial charge in [0.25, 0.3) is 0 Å². The third kappa shape index (κ3) is 5.48. The molecule has 2 aromatic rings. The summed E-state index contributed by atoms with van der Waals surface area (Å²) in [5.41, 5.74) is 2.77. The lowest BCUT2D eigenvalue weighted by molar-refractivity contribution is 0.137. The van der Waals surface area contributed by atoms with Gasteiger partial charge in [-0.3, -0.25) is 5.32 Å². The number of carbonyl (C=O) groups is 1. The lowest BCUT2D eigenvalue weighted by atomic mass is 9.94. The van der Waals surface area contributed by atoms with Gasteiger partial charge in [0.2, 0.25) is 0 Å². The average molecular weight is 359 g/mol. The minimum absolute atomic E-state index is 0.122. The molecule has 2 aromatic carbocycles. The molecule has 1 amide bonds. The van der Waals surface area contributed by atoms with Crippen molar-refractivity contribution in [1.29, 1.82) is 0 Å². The predicted octanol–water partition coefficient (Wildman–Crippen LogP) is 5.70. The third-order valence-electron chi connectivity index (χ3n) is 3.97. The fourth-order valence-electron chi connectivity index (χ4n) is 2.61. The number of ether oxygens (including phenoxy) is 2. The van der Waals surface area contributed by atoms with Crippen LogP contribution in [0.2, 0.25) is 0 Å². The van der Waals surface area contributed by atoms with Crippen LogP contribution in [-0.4, -0.2) is 19.3 Å². The molecule has 5 heteroatoms. The summed E-state index contributed by atoms with van der Waals surface area (Å²) in [5, 5.41) is 2.54. The van der Waals surface area contributed by atoms with Crippen LogP contribution in [0.25, 0.3) is 0 Å². The predicted molar refractivity (Wildman–Crippen MR) is 101 cm³/mol. The molecule has 0 aliphatic rings. The van der Waals surface area contributed by atoms with Crippen LogP contribution in [0.4, 0.5) is 14.9 Å². The maximum Gasteiger partial charge on any atom is 0.411 e. The summed E-state index contributed by atoms with van der Waals surface area (Å²) in [6.45, 7) is 8.88. The summed E-state index contributed by atoms with van der Waals surface area (Å²) < 4.78 is 23.9. The molecule has 0 saturated carbocycles. The number of halogens is 1. The molecule has 0 unspecified atom stereocenters. The SMILES string of the molecule is CC(C)c1cccc(C(C)C)c1OCCOC(=O)Nc1ccc(F)cc1. The molecular weight excluding hydrogens is 333 g/mol. The van der Waals surface area contributed by atoms with E-state index < -0.39 is 6.09 Å². The van der Waals surface area contributed by atoms with E-state index in [4.69, 9.17) is 9.47 Å². The van der Waals surface area contributed by atoms with Crippen molar-refractivity contribution in [3.63, 3.8) is 0 Å². The van der Waals surface area contributed by atoms with Crippen molar-refractivity contribution in [3.05, 3.63) is 59.4 Å². The minimum Gasteiger partial charge on any atom is -0.489 e. The Kier molecular flexibility index (Phi) is 7.01. The van der Waals surface area contributed by atoms with Crippen molar-refractivity contribution in [1.82, 2.24) is 0 Å². The lowest BCUT2D eigenvalue weighted by Gasteiger charge is -2.20. The number of hydrogen-bond acceptors (Lipinski definition) is 3. The topological polar surface area (TPSA) is 47.6 Å². The molecule has 0 spiro atoms. The van der Waals surface area contributed by atoms with Crippen LogP contribution in [0.15, 0.2) is 42.5 Å². The van der Waals surface area contributed by atoms with Gasteiger partial charge in [0.1, 0.15) is 24.8 Å². The van der Waals surface area contributed by atoms with Crippen molar-refractivity contribution >= 4 is 11.8 Å². The van der Waals surface area contributed by atoms with Crippen molar-refractivity contribution in [2.75, 3.05) is 18.5 Å². The van der Waals surface area contributed by atoms with E-state index in [1.807, 2.05) is 6.07 Å². The van der Waals surface area contributed by atoms with Crippen LogP contribution in [0.1, 0.15) is 50.7 Å². The first-order valence-electron chi connectivity index (χ1n) is 8.83. The molecule has 0 atom stereocenters. The normalized spacial score (nSPS) is 10.9. The molecule has 0 aliphatic carbocycles. The van der Waals surface area contributed by atoms with Crippen LogP contribution >= 0.6 is 0 Å². The van der Waals surface area contributed by atoms with Crippen molar-refractivity contribution < 1.29 is 18.7 Å². The smallest absolute Gasteiger partial charge is 0.411 e. The molecule has 4 nitrogen and oxygen atoms in total. The zero-order chi connectivity index (χ0) is 19.1. The van der Waals surface area contributed by atoms with E-state index in [1.165, 1.54) is 24.3 Å². The van der Waals surface area contributed by atoms with Crippen LogP contribution in [0, 0.1) is 5.82 Å². The van der Waals surface area contributed by atoms with Crippen LogP contribution in [-0.2, 0) is 4.74 Å². The standard InChI is InChI=1S/C21H26FNO3/c1-14(2)18-6-5-7-19(15(3)4)20(18)25-12-13-26-21(24)23-17-10-8-16(22)9-11-17/h5-11,14-15H,12-13H2,1-4H3,(H,23,24). The second-order valence-corrected chi connectivity index (χ2v) is 6.69. The zero-order valence-electron chi connectivity index (χ0n) is 15.7. The fraction of sp³-hybridized carbons (Fsp3) is 0.381.